The maximum atomic E-state index is 10.6. The summed E-state index contributed by atoms with van der Waals surface area (Å²) >= 11 is 0. The lowest BCUT2D eigenvalue weighted by Gasteiger charge is -2.31. The van der Waals surface area contributed by atoms with Crippen LogP contribution >= 0.6 is 0 Å². The van der Waals surface area contributed by atoms with Crippen molar-refractivity contribution in [2.75, 3.05) is 0 Å². The first kappa shape index (κ1) is 21.7. The number of carboxylic acid groups (broad SMARTS) is 1. The zero-order valence-corrected chi connectivity index (χ0v) is 17.6. The summed E-state index contributed by atoms with van der Waals surface area (Å²) < 4.78 is 0. The largest absolute Gasteiger partial charge is 0.481 e. The van der Waals surface area contributed by atoms with Crippen LogP contribution in [0.1, 0.15) is 60.9 Å². The summed E-state index contributed by atoms with van der Waals surface area (Å²) in [5.41, 5.74) is 5.95. The summed E-state index contributed by atoms with van der Waals surface area (Å²) in [5.74, 6) is 5.11. The molecule has 3 N–H and O–H groups in total. The molecule has 2 aromatic rings. The highest BCUT2D eigenvalue weighted by molar-refractivity contribution is 5.98. The molecule has 0 spiro atoms. The second-order valence-electron chi connectivity index (χ2n) is 8.59. The van der Waals surface area contributed by atoms with Crippen molar-refractivity contribution < 1.29 is 14.7 Å². The van der Waals surface area contributed by atoms with Crippen molar-refractivity contribution in [3.8, 4) is 0 Å². The molecule has 0 fully saturated rings. The van der Waals surface area contributed by atoms with Gasteiger partial charge >= 0.3 is 5.97 Å². The molecule has 1 aliphatic carbocycles. The van der Waals surface area contributed by atoms with Crippen LogP contribution in [0.2, 0.25) is 0 Å². The zero-order valence-electron chi connectivity index (χ0n) is 17.6. The number of rotatable bonds is 7. The maximum Gasteiger partial charge on any atom is 0.303 e. The van der Waals surface area contributed by atoms with E-state index in [1.165, 1.54) is 11.1 Å². The number of hydrogen-bond acceptors (Lipinski definition) is 5. The normalized spacial score (nSPS) is 15.4. The molecule has 0 atom stereocenters. The highest BCUT2D eigenvalue weighted by Gasteiger charge is 2.28. The first-order valence-corrected chi connectivity index (χ1v) is 10.2. The van der Waals surface area contributed by atoms with Crippen molar-refractivity contribution in [3.05, 3.63) is 71.1 Å². The van der Waals surface area contributed by atoms with Crippen LogP contribution in [0, 0.1) is 5.41 Å². The van der Waals surface area contributed by atoms with Crippen molar-refractivity contribution in [2.24, 2.45) is 16.3 Å². The van der Waals surface area contributed by atoms with E-state index in [9.17, 15) is 4.79 Å². The molecule has 1 heterocycles. The third-order valence-electron chi connectivity index (χ3n) is 5.59. The van der Waals surface area contributed by atoms with Crippen LogP contribution in [-0.2, 0) is 28.9 Å². The summed E-state index contributed by atoms with van der Waals surface area (Å²) in [4.78, 5) is 24.7. The molecule has 0 radical (unpaired) electrons. The van der Waals surface area contributed by atoms with Gasteiger partial charge in [-0.2, -0.15) is 5.90 Å². The standard InChI is InChI=1S/C24H29N3O3/c1-16(18-9-7-17(8-10-18)5-4-6-22(28)29)27-23(30-25)21-15-26-14-19-13-24(2,3)12-11-20(19)21/h7-10,14-15H,1,4-6,11-13,25H2,2-3H3,(H,28,29). The summed E-state index contributed by atoms with van der Waals surface area (Å²) in [7, 11) is 0. The second-order valence-corrected chi connectivity index (χ2v) is 8.59. The average Bonchev–Trinajstić information content (AvgIpc) is 2.71. The Hall–Kier alpha value is -2.99. The lowest BCUT2D eigenvalue weighted by atomic mass is 9.74. The van der Waals surface area contributed by atoms with Crippen LogP contribution in [0.25, 0.3) is 5.70 Å². The maximum absolute atomic E-state index is 10.6. The van der Waals surface area contributed by atoms with Crippen LogP contribution in [0.4, 0.5) is 0 Å². The first-order valence-electron chi connectivity index (χ1n) is 10.2. The summed E-state index contributed by atoms with van der Waals surface area (Å²) in [6, 6.07) is 7.79. The molecule has 0 aliphatic heterocycles. The molecule has 0 amide bonds. The Morgan fingerprint density at radius 2 is 2.03 bits per heavy atom. The molecule has 6 heteroatoms. The fourth-order valence-electron chi connectivity index (χ4n) is 3.87. The van der Waals surface area contributed by atoms with Gasteiger partial charge in [0.25, 0.3) is 0 Å². The summed E-state index contributed by atoms with van der Waals surface area (Å²) in [5, 5.41) is 8.76. The Bertz CT molecular complexity index is 962. The number of aromatic nitrogens is 1. The van der Waals surface area contributed by atoms with Gasteiger partial charge in [-0.3, -0.25) is 9.78 Å². The Morgan fingerprint density at radius 3 is 2.70 bits per heavy atom. The number of fused-ring (bicyclic) bond motifs is 1. The van der Waals surface area contributed by atoms with Crippen LogP contribution < -0.4 is 5.90 Å². The molecule has 3 rings (SSSR count). The molecule has 158 valence electrons. The molecule has 6 nitrogen and oxygen atoms in total. The van der Waals surface area contributed by atoms with Crippen molar-refractivity contribution in [1.29, 1.82) is 0 Å². The SMILES string of the molecule is C=C(N=C(ON)c1cncc2c1CCC(C)(C)C2)c1ccc(CCCC(=O)O)cc1. The minimum absolute atomic E-state index is 0.169. The van der Waals surface area contributed by atoms with Gasteiger partial charge in [0.05, 0.1) is 11.3 Å². The van der Waals surface area contributed by atoms with Crippen molar-refractivity contribution in [1.82, 2.24) is 4.98 Å². The van der Waals surface area contributed by atoms with Gasteiger partial charge in [0.1, 0.15) is 0 Å². The van der Waals surface area contributed by atoms with E-state index in [1.54, 1.807) is 6.20 Å². The topological polar surface area (TPSA) is 97.8 Å². The number of carbonyl (C=O) groups is 1. The van der Waals surface area contributed by atoms with Gasteiger partial charge in [0, 0.05) is 18.8 Å². The summed E-state index contributed by atoms with van der Waals surface area (Å²) in [6.45, 7) is 8.60. The molecule has 1 aromatic heterocycles. The van der Waals surface area contributed by atoms with Crippen LogP contribution in [0.15, 0.2) is 48.2 Å². The van der Waals surface area contributed by atoms with Gasteiger partial charge in [-0.25, -0.2) is 4.99 Å². The van der Waals surface area contributed by atoms with E-state index < -0.39 is 5.97 Å². The van der Waals surface area contributed by atoms with Crippen LogP contribution in [0.3, 0.4) is 0 Å². The molecule has 0 saturated heterocycles. The van der Waals surface area contributed by atoms with Crippen LogP contribution in [0.5, 0.6) is 0 Å². The van der Waals surface area contributed by atoms with Crippen molar-refractivity contribution in [3.63, 3.8) is 0 Å². The van der Waals surface area contributed by atoms with E-state index in [2.05, 4.69) is 30.4 Å². The number of aryl methyl sites for hydroxylation is 1. The second kappa shape index (κ2) is 9.22. The van der Waals surface area contributed by atoms with Gasteiger partial charge in [-0.15, -0.1) is 0 Å². The molecule has 30 heavy (non-hydrogen) atoms. The highest BCUT2D eigenvalue weighted by atomic mass is 16.6. The minimum Gasteiger partial charge on any atom is -0.481 e. The number of nitrogens with two attached hydrogens (primary N) is 1. The van der Waals surface area contributed by atoms with Gasteiger partial charge in [0.2, 0.25) is 5.90 Å². The lowest BCUT2D eigenvalue weighted by Crippen LogP contribution is -2.25. The van der Waals surface area contributed by atoms with E-state index in [1.807, 2.05) is 30.5 Å². The smallest absolute Gasteiger partial charge is 0.303 e. The monoisotopic (exact) mass is 407 g/mol. The minimum atomic E-state index is -0.773. The fraction of sp³-hybridized carbons (Fsp3) is 0.375. The van der Waals surface area contributed by atoms with E-state index >= 15 is 0 Å². The van der Waals surface area contributed by atoms with Crippen LogP contribution in [-0.4, -0.2) is 22.0 Å². The number of nitrogens with zero attached hydrogens (tertiary/aromatic N) is 2. The Labute approximate surface area is 177 Å². The fourth-order valence-corrected chi connectivity index (χ4v) is 3.87. The van der Waals surface area contributed by atoms with E-state index in [0.717, 1.165) is 42.4 Å². The molecular formula is C24H29N3O3. The summed E-state index contributed by atoms with van der Waals surface area (Å²) in [6.07, 6.45) is 8.15. The number of pyridine rings is 1. The Morgan fingerprint density at radius 1 is 1.30 bits per heavy atom. The van der Waals surface area contributed by atoms with Crippen molar-refractivity contribution in [2.45, 2.75) is 52.4 Å². The number of aliphatic imine (C=N–C) groups is 1. The van der Waals surface area contributed by atoms with E-state index in [0.29, 0.717) is 18.0 Å². The third-order valence-corrected chi connectivity index (χ3v) is 5.59. The van der Waals surface area contributed by atoms with Gasteiger partial charge in [-0.1, -0.05) is 44.7 Å². The average molecular weight is 408 g/mol. The predicted octanol–water partition coefficient (Wildman–Crippen LogP) is 4.31. The first-order chi connectivity index (χ1) is 14.3. The molecule has 1 aromatic carbocycles. The molecule has 0 unspecified atom stereocenters. The number of hydrogen-bond donors (Lipinski definition) is 2. The van der Waals surface area contributed by atoms with Gasteiger partial charge < -0.3 is 9.94 Å². The third kappa shape index (κ3) is 5.33. The molecule has 0 saturated carbocycles. The lowest BCUT2D eigenvalue weighted by molar-refractivity contribution is -0.137. The van der Waals surface area contributed by atoms with Gasteiger partial charge in [-0.05, 0) is 59.8 Å². The number of aliphatic carboxylic acids is 1. The predicted molar refractivity (Wildman–Crippen MR) is 118 cm³/mol. The zero-order chi connectivity index (χ0) is 21.7. The molecular weight excluding hydrogens is 378 g/mol. The van der Waals surface area contributed by atoms with Gasteiger partial charge in [0.15, 0.2) is 0 Å². The van der Waals surface area contributed by atoms with Crippen molar-refractivity contribution >= 4 is 17.6 Å². The number of carboxylic acids is 1. The molecule has 0 bridgehead atoms. The number of benzene rings is 1. The Kier molecular flexibility index (Phi) is 6.67. The highest BCUT2D eigenvalue weighted by Crippen LogP contribution is 2.36. The quantitative estimate of drug-likeness (QED) is 0.405. The Balaban J connectivity index is 1.78. The van der Waals surface area contributed by atoms with E-state index in [4.69, 9.17) is 15.8 Å². The van der Waals surface area contributed by atoms with E-state index in [-0.39, 0.29) is 11.8 Å². The molecule has 1 aliphatic rings.